The maximum Gasteiger partial charge on any atom is 0.413 e. The summed E-state index contributed by atoms with van der Waals surface area (Å²) in [5, 5.41) is 5.58. The molecule has 6 nitrogen and oxygen atoms in total. The van der Waals surface area contributed by atoms with E-state index in [2.05, 4.69) is 10.6 Å². The number of rotatable bonds is 2. The van der Waals surface area contributed by atoms with E-state index in [4.69, 9.17) is 16.3 Å². The highest BCUT2D eigenvalue weighted by Crippen LogP contribution is 2.28. The Labute approximate surface area is 129 Å². The number of carbonyl (C=O) groups is 2. The van der Waals surface area contributed by atoms with Crippen LogP contribution in [0.25, 0.3) is 0 Å². The number of benzene rings is 1. The zero-order valence-electron chi connectivity index (χ0n) is 12.8. The van der Waals surface area contributed by atoms with E-state index in [1.54, 1.807) is 26.2 Å². The molecule has 3 amide bonds. The van der Waals surface area contributed by atoms with Crippen LogP contribution in [0.5, 0.6) is 5.75 Å². The Balaban J connectivity index is 2.83. The number of ether oxygens (including phenoxy) is 1. The first-order chi connectivity index (χ1) is 9.58. The normalized spacial score (nSPS) is 10.8. The van der Waals surface area contributed by atoms with Gasteiger partial charge in [0, 0.05) is 31.4 Å². The number of carbonyl (C=O) groups excluding carboxylic acids is 2. The van der Waals surface area contributed by atoms with E-state index in [1.165, 1.54) is 11.0 Å². The van der Waals surface area contributed by atoms with Gasteiger partial charge in [-0.25, -0.2) is 9.59 Å². The van der Waals surface area contributed by atoms with Crippen LogP contribution in [0, 0.1) is 0 Å². The molecule has 0 fully saturated rings. The lowest BCUT2D eigenvalue weighted by atomic mass is 10.1. The van der Waals surface area contributed by atoms with Crippen LogP contribution in [0.3, 0.4) is 0 Å². The van der Waals surface area contributed by atoms with Gasteiger partial charge in [-0.1, -0.05) is 11.6 Å². The fourth-order valence-corrected chi connectivity index (χ4v) is 1.48. The Hall–Kier alpha value is -1.95. The monoisotopic (exact) mass is 313 g/mol. The van der Waals surface area contributed by atoms with Crippen molar-refractivity contribution < 1.29 is 14.3 Å². The van der Waals surface area contributed by atoms with Gasteiger partial charge in [0.15, 0.2) is 5.75 Å². The average Bonchev–Trinajstić information content (AvgIpc) is 2.30. The first-order valence-electron chi connectivity index (χ1n) is 6.36. The molecule has 2 N–H and O–H groups in total. The molecule has 0 aliphatic heterocycles. The summed E-state index contributed by atoms with van der Waals surface area (Å²) in [7, 11) is 3.25. The molecule has 0 aromatic heterocycles. The fraction of sp³-hybridized carbons (Fsp3) is 0.429. The lowest BCUT2D eigenvalue weighted by molar-refractivity contribution is 0.190. The molecule has 0 unspecified atom stereocenters. The summed E-state index contributed by atoms with van der Waals surface area (Å²) < 4.78 is 5.16. The third-order valence-electron chi connectivity index (χ3n) is 2.27. The van der Waals surface area contributed by atoms with Crippen LogP contribution in [-0.4, -0.2) is 36.7 Å². The molecule has 0 aliphatic carbocycles. The number of halogens is 1. The number of hydrogen-bond acceptors (Lipinski definition) is 3. The second-order valence-corrected chi connectivity index (χ2v) is 6.14. The molecule has 7 heteroatoms. The number of nitrogens with zero attached hydrogens (tertiary/aromatic N) is 1. The molecule has 0 bridgehead atoms. The molecule has 1 aromatic carbocycles. The highest BCUT2D eigenvalue weighted by Gasteiger charge is 2.17. The Kier molecular flexibility index (Phi) is 5.43. The number of amides is 3. The maximum absolute atomic E-state index is 11.7. The second-order valence-electron chi connectivity index (χ2n) is 5.73. The number of nitrogens with one attached hydrogen (secondary N) is 2. The molecule has 1 aromatic rings. The van der Waals surface area contributed by atoms with Crippen molar-refractivity contribution in [2.24, 2.45) is 0 Å². The van der Waals surface area contributed by atoms with Gasteiger partial charge in [-0.05, 0) is 32.9 Å². The molecule has 0 radical (unpaired) electrons. The molecule has 1 rings (SSSR count). The molecule has 116 valence electrons. The summed E-state index contributed by atoms with van der Waals surface area (Å²) >= 11 is 5.98. The van der Waals surface area contributed by atoms with Crippen LogP contribution in [0.15, 0.2) is 18.2 Å². The van der Waals surface area contributed by atoms with Crippen molar-refractivity contribution in [3.63, 3.8) is 0 Å². The van der Waals surface area contributed by atoms with Gasteiger partial charge in [0.05, 0.1) is 5.02 Å². The first-order valence-corrected chi connectivity index (χ1v) is 6.74. The van der Waals surface area contributed by atoms with Crippen molar-refractivity contribution >= 4 is 29.4 Å². The second kappa shape index (κ2) is 6.67. The van der Waals surface area contributed by atoms with Crippen molar-refractivity contribution in [3.8, 4) is 5.75 Å². The first kappa shape index (κ1) is 17.1. The molecular formula is C14H20ClN3O3. The van der Waals surface area contributed by atoms with Crippen molar-refractivity contribution in [2.45, 2.75) is 26.3 Å². The lowest BCUT2D eigenvalue weighted by Crippen LogP contribution is -2.42. The minimum absolute atomic E-state index is 0.176. The minimum atomic E-state index is -0.611. The SMILES string of the molecule is CN(C)C(=O)Nc1ccc(Cl)c(OC(=O)NC(C)(C)C)c1. The van der Waals surface area contributed by atoms with E-state index in [9.17, 15) is 9.59 Å². The van der Waals surface area contributed by atoms with Gasteiger partial charge < -0.3 is 20.3 Å². The molecule has 0 heterocycles. The van der Waals surface area contributed by atoms with E-state index < -0.39 is 11.6 Å². The summed E-state index contributed by atoms with van der Waals surface area (Å²) in [6, 6.07) is 4.37. The summed E-state index contributed by atoms with van der Waals surface area (Å²) in [6.45, 7) is 5.51. The number of urea groups is 1. The van der Waals surface area contributed by atoms with Crippen molar-refractivity contribution in [2.75, 3.05) is 19.4 Å². The quantitative estimate of drug-likeness (QED) is 0.880. The molecule has 0 saturated carbocycles. The Morgan fingerprint density at radius 3 is 2.38 bits per heavy atom. The van der Waals surface area contributed by atoms with Gasteiger partial charge >= 0.3 is 12.1 Å². The number of anilines is 1. The van der Waals surface area contributed by atoms with E-state index in [1.807, 2.05) is 20.8 Å². The number of hydrogen-bond donors (Lipinski definition) is 2. The smallest absolute Gasteiger partial charge is 0.409 e. The highest BCUT2D eigenvalue weighted by molar-refractivity contribution is 6.32. The zero-order chi connectivity index (χ0) is 16.2. The van der Waals surface area contributed by atoms with Crippen LogP contribution in [0.2, 0.25) is 5.02 Å². The highest BCUT2D eigenvalue weighted by atomic mass is 35.5. The minimum Gasteiger partial charge on any atom is -0.409 e. The molecule has 21 heavy (non-hydrogen) atoms. The van der Waals surface area contributed by atoms with E-state index in [-0.39, 0.29) is 16.8 Å². The van der Waals surface area contributed by atoms with Crippen LogP contribution >= 0.6 is 11.6 Å². The zero-order valence-corrected chi connectivity index (χ0v) is 13.5. The topological polar surface area (TPSA) is 70.7 Å². The molecule has 0 spiro atoms. The predicted molar refractivity (Wildman–Crippen MR) is 83.1 cm³/mol. The Morgan fingerprint density at radius 2 is 1.86 bits per heavy atom. The van der Waals surface area contributed by atoms with Crippen molar-refractivity contribution in [3.05, 3.63) is 23.2 Å². The van der Waals surface area contributed by atoms with Gasteiger partial charge in [0.1, 0.15) is 0 Å². The summed E-state index contributed by atoms with van der Waals surface area (Å²) in [5.74, 6) is 0.176. The Bertz CT molecular complexity index is 539. The van der Waals surface area contributed by atoms with Crippen LogP contribution in [0.4, 0.5) is 15.3 Å². The van der Waals surface area contributed by atoms with Crippen LogP contribution in [-0.2, 0) is 0 Å². The molecule has 0 atom stereocenters. The Morgan fingerprint density at radius 1 is 1.24 bits per heavy atom. The predicted octanol–water partition coefficient (Wildman–Crippen LogP) is 3.32. The van der Waals surface area contributed by atoms with Gasteiger partial charge in [0.25, 0.3) is 0 Å². The van der Waals surface area contributed by atoms with Gasteiger partial charge in [-0.3, -0.25) is 0 Å². The third kappa shape index (κ3) is 5.91. The summed E-state index contributed by atoms with van der Waals surface area (Å²) in [6.07, 6.45) is -0.611. The molecule has 0 aliphatic rings. The van der Waals surface area contributed by atoms with E-state index in [0.717, 1.165) is 0 Å². The summed E-state index contributed by atoms with van der Waals surface area (Å²) in [4.78, 5) is 24.7. The maximum atomic E-state index is 11.7. The lowest BCUT2D eigenvalue weighted by Gasteiger charge is -2.20. The van der Waals surface area contributed by atoms with Gasteiger partial charge in [-0.15, -0.1) is 0 Å². The van der Waals surface area contributed by atoms with Crippen LogP contribution in [0.1, 0.15) is 20.8 Å². The third-order valence-corrected chi connectivity index (χ3v) is 2.58. The average molecular weight is 314 g/mol. The standard InChI is InChI=1S/C14H20ClN3O3/c1-14(2,3)17-13(20)21-11-8-9(6-7-10(11)15)16-12(19)18(4)5/h6-8H,1-5H3,(H,16,19)(H,17,20). The molecule has 0 saturated heterocycles. The van der Waals surface area contributed by atoms with Gasteiger partial charge in [-0.2, -0.15) is 0 Å². The van der Waals surface area contributed by atoms with Crippen molar-refractivity contribution in [1.29, 1.82) is 0 Å². The van der Waals surface area contributed by atoms with Crippen LogP contribution < -0.4 is 15.4 Å². The van der Waals surface area contributed by atoms with Gasteiger partial charge in [0.2, 0.25) is 0 Å². The largest absolute Gasteiger partial charge is 0.413 e. The molecular weight excluding hydrogens is 294 g/mol. The van der Waals surface area contributed by atoms with Crippen molar-refractivity contribution in [1.82, 2.24) is 10.2 Å². The van der Waals surface area contributed by atoms with E-state index in [0.29, 0.717) is 5.69 Å². The summed E-state index contributed by atoms with van der Waals surface area (Å²) in [5.41, 5.74) is 0.0667. The fourth-order valence-electron chi connectivity index (χ4n) is 1.33. The van der Waals surface area contributed by atoms with E-state index >= 15 is 0 Å².